The zero-order valence-electron chi connectivity index (χ0n) is 10.1. The summed E-state index contributed by atoms with van der Waals surface area (Å²) in [7, 11) is 0. The molecule has 2 N–H and O–H groups in total. The molecule has 0 saturated heterocycles. The highest BCUT2D eigenvalue weighted by Gasteiger charge is 1.98. The zero-order chi connectivity index (χ0) is 14.2. The first-order valence-corrected chi connectivity index (χ1v) is 5.07. The summed E-state index contributed by atoms with van der Waals surface area (Å²) in [6.45, 7) is 6.71. The van der Waals surface area contributed by atoms with Crippen LogP contribution in [0, 0.1) is 0 Å². The molecule has 0 aromatic carbocycles. The van der Waals surface area contributed by atoms with Crippen LogP contribution in [0.2, 0.25) is 0 Å². The molecule has 0 amide bonds. The molecule has 18 heavy (non-hydrogen) atoms. The average molecular weight is 258 g/mol. The van der Waals surface area contributed by atoms with Gasteiger partial charge in [0.25, 0.3) is 0 Å². The Labute approximate surface area is 106 Å². The van der Waals surface area contributed by atoms with E-state index in [2.05, 4.69) is 22.6 Å². The lowest BCUT2D eigenvalue weighted by Gasteiger charge is -1.96. The number of hydrogen-bond donors (Lipinski definition) is 2. The maximum absolute atomic E-state index is 10.8. The Morgan fingerprint density at radius 1 is 0.889 bits per heavy atom. The summed E-state index contributed by atoms with van der Waals surface area (Å²) in [5.74, 6) is -1.22. The predicted molar refractivity (Wildman–Crippen MR) is 65.6 cm³/mol. The van der Waals surface area contributed by atoms with Gasteiger partial charge in [-0.25, -0.2) is 9.59 Å². The third-order valence-corrected chi connectivity index (χ3v) is 1.14. The van der Waals surface area contributed by atoms with Crippen molar-refractivity contribution < 1.29 is 29.3 Å². The van der Waals surface area contributed by atoms with Gasteiger partial charge in [0.1, 0.15) is 13.2 Å². The van der Waals surface area contributed by atoms with E-state index in [4.69, 9.17) is 10.2 Å². The van der Waals surface area contributed by atoms with Crippen LogP contribution in [-0.4, -0.2) is 48.6 Å². The van der Waals surface area contributed by atoms with Gasteiger partial charge in [-0.2, -0.15) is 0 Å². The molecule has 0 aliphatic heterocycles. The van der Waals surface area contributed by atoms with Crippen LogP contribution in [0.4, 0.5) is 0 Å². The number of rotatable bonds is 7. The van der Waals surface area contributed by atoms with Crippen LogP contribution >= 0.6 is 0 Å². The molecule has 0 bridgehead atoms. The maximum Gasteiger partial charge on any atom is 0.331 e. The molecule has 0 fully saturated rings. The quantitative estimate of drug-likeness (QED) is 0.378. The molecule has 0 aromatic rings. The van der Waals surface area contributed by atoms with Crippen molar-refractivity contribution >= 4 is 11.9 Å². The number of carbonyl (C=O) groups is 2. The Hall–Kier alpha value is -1.92. The Kier molecular flexibility index (Phi) is 15.5. The van der Waals surface area contributed by atoms with Crippen molar-refractivity contribution in [2.24, 2.45) is 0 Å². The van der Waals surface area contributed by atoms with Crippen LogP contribution in [0.25, 0.3) is 0 Å². The van der Waals surface area contributed by atoms with Crippen molar-refractivity contribution in [1.82, 2.24) is 0 Å². The topological polar surface area (TPSA) is 93.1 Å². The molecule has 0 saturated carbocycles. The van der Waals surface area contributed by atoms with Gasteiger partial charge in [0, 0.05) is 12.2 Å². The number of carbonyl (C=O) groups excluding carboxylic acids is 2. The average Bonchev–Trinajstić information content (AvgIpc) is 2.40. The first-order valence-electron chi connectivity index (χ1n) is 5.07. The highest BCUT2D eigenvalue weighted by atomic mass is 16.5. The van der Waals surface area contributed by atoms with E-state index in [1.54, 1.807) is 0 Å². The summed E-state index contributed by atoms with van der Waals surface area (Å²) in [4.78, 5) is 21.6. The largest absolute Gasteiger partial charge is 0.458 e. The summed E-state index contributed by atoms with van der Waals surface area (Å²) in [5, 5.41) is 15.2. The van der Waals surface area contributed by atoms with Crippen molar-refractivity contribution in [1.29, 1.82) is 0 Å². The van der Waals surface area contributed by atoms with Crippen LogP contribution in [0.3, 0.4) is 0 Å². The molecule has 6 nitrogen and oxygen atoms in total. The van der Waals surface area contributed by atoms with E-state index < -0.39 is 11.9 Å². The first-order chi connectivity index (χ1) is 8.62. The maximum atomic E-state index is 10.8. The molecule has 0 atom stereocenters. The van der Waals surface area contributed by atoms with Crippen LogP contribution in [0.5, 0.6) is 0 Å². The second-order valence-electron chi connectivity index (χ2n) is 2.62. The lowest BCUT2D eigenvalue weighted by Crippen LogP contribution is -2.04. The molecule has 0 aliphatic rings. The van der Waals surface area contributed by atoms with E-state index in [1.807, 2.05) is 0 Å². The first kappa shape index (κ1) is 18.4. The fourth-order valence-corrected chi connectivity index (χ4v) is 0.514. The van der Waals surface area contributed by atoms with Gasteiger partial charge in [0.2, 0.25) is 0 Å². The van der Waals surface area contributed by atoms with Crippen molar-refractivity contribution in [3.8, 4) is 0 Å². The monoisotopic (exact) mass is 258 g/mol. The highest BCUT2D eigenvalue weighted by molar-refractivity contribution is 5.91. The number of esters is 2. The molecule has 0 unspecified atom stereocenters. The summed E-state index contributed by atoms with van der Waals surface area (Å²) >= 11 is 0. The normalized spacial score (nSPS) is 9.00. The third kappa shape index (κ3) is 16.5. The smallest absolute Gasteiger partial charge is 0.331 e. The molecule has 0 rings (SSSR count). The van der Waals surface area contributed by atoms with Crippen LogP contribution in [0.15, 0.2) is 37.5 Å². The molecule has 102 valence electrons. The summed E-state index contributed by atoms with van der Waals surface area (Å²) in [6, 6.07) is 0. The number of ether oxygens (including phenoxy) is 2. The molecule has 0 spiro atoms. The van der Waals surface area contributed by atoms with Crippen molar-refractivity contribution in [3.63, 3.8) is 0 Å². The second-order valence-corrected chi connectivity index (χ2v) is 2.62. The van der Waals surface area contributed by atoms with Crippen LogP contribution in [0.1, 0.15) is 0 Å². The summed E-state index contributed by atoms with van der Waals surface area (Å²) < 4.78 is 9.15. The van der Waals surface area contributed by atoms with Gasteiger partial charge in [-0.3, -0.25) is 0 Å². The van der Waals surface area contributed by atoms with Gasteiger partial charge in [0.15, 0.2) is 0 Å². The van der Waals surface area contributed by atoms with Crippen LogP contribution < -0.4 is 0 Å². The number of aliphatic hydroxyl groups excluding tert-OH is 2. The van der Waals surface area contributed by atoms with E-state index in [0.717, 1.165) is 12.2 Å². The Bertz CT molecular complexity index is 254. The van der Waals surface area contributed by atoms with Gasteiger partial charge >= 0.3 is 11.9 Å². The van der Waals surface area contributed by atoms with Gasteiger partial charge in [0.05, 0.1) is 13.2 Å². The van der Waals surface area contributed by atoms with Gasteiger partial charge in [-0.1, -0.05) is 25.3 Å². The molecule has 6 heteroatoms. The molecule has 0 aromatic heterocycles. The number of hydrogen-bond acceptors (Lipinski definition) is 6. The standard InChI is InChI=1S/C10H12O4.C2H6O2/c1-3-7-13-9(11)5-6-10(12)14-8-4-2;3-1-2-4/h3-6H,1-2,7-8H2;3-4H,1-2H2/b6-5-;. The molecule has 0 radical (unpaired) electrons. The lowest BCUT2D eigenvalue weighted by atomic mass is 10.5. The summed E-state index contributed by atoms with van der Waals surface area (Å²) in [6.07, 6.45) is 4.85. The van der Waals surface area contributed by atoms with Crippen LogP contribution in [-0.2, 0) is 19.1 Å². The van der Waals surface area contributed by atoms with Crippen molar-refractivity contribution in [3.05, 3.63) is 37.5 Å². The Balaban J connectivity index is 0. The fraction of sp³-hybridized carbons (Fsp3) is 0.333. The molecular weight excluding hydrogens is 240 g/mol. The number of aliphatic hydroxyl groups is 2. The lowest BCUT2D eigenvalue weighted by molar-refractivity contribution is -0.139. The Morgan fingerprint density at radius 3 is 1.44 bits per heavy atom. The minimum absolute atomic E-state index is 0.116. The predicted octanol–water partition coefficient (Wildman–Crippen LogP) is -0.0280. The van der Waals surface area contributed by atoms with Crippen molar-refractivity contribution in [2.45, 2.75) is 0 Å². The van der Waals surface area contributed by atoms with Crippen molar-refractivity contribution in [2.75, 3.05) is 26.4 Å². The zero-order valence-corrected chi connectivity index (χ0v) is 10.1. The summed E-state index contributed by atoms with van der Waals surface area (Å²) in [5.41, 5.74) is 0. The second kappa shape index (κ2) is 15.1. The van der Waals surface area contributed by atoms with Gasteiger partial charge in [-0.15, -0.1) is 0 Å². The highest BCUT2D eigenvalue weighted by Crippen LogP contribution is 1.85. The minimum atomic E-state index is -0.611. The SMILES string of the molecule is C=CCOC(=O)/C=C\C(=O)OCC=C.OCCO. The Morgan fingerprint density at radius 2 is 1.22 bits per heavy atom. The van der Waals surface area contributed by atoms with E-state index in [1.165, 1.54) is 12.2 Å². The van der Waals surface area contributed by atoms with E-state index >= 15 is 0 Å². The van der Waals surface area contributed by atoms with E-state index in [0.29, 0.717) is 0 Å². The molecule has 0 aliphatic carbocycles. The minimum Gasteiger partial charge on any atom is -0.458 e. The third-order valence-electron chi connectivity index (χ3n) is 1.14. The van der Waals surface area contributed by atoms with Gasteiger partial charge in [-0.05, 0) is 0 Å². The van der Waals surface area contributed by atoms with Gasteiger partial charge < -0.3 is 19.7 Å². The fourth-order valence-electron chi connectivity index (χ4n) is 0.514. The van der Waals surface area contributed by atoms with E-state index in [9.17, 15) is 9.59 Å². The molecular formula is C12H18O6. The molecule has 0 heterocycles. The van der Waals surface area contributed by atoms with E-state index in [-0.39, 0.29) is 26.4 Å².